The number of anilines is 2. The first-order valence-corrected chi connectivity index (χ1v) is 12.0. The van der Waals surface area contributed by atoms with Crippen molar-refractivity contribution < 1.29 is 13.2 Å². The molecule has 0 saturated carbocycles. The van der Waals surface area contributed by atoms with Crippen LogP contribution in [0.15, 0.2) is 36.7 Å². The van der Waals surface area contributed by atoms with E-state index in [0.29, 0.717) is 11.4 Å². The van der Waals surface area contributed by atoms with Gasteiger partial charge in [0.15, 0.2) is 0 Å². The highest BCUT2D eigenvalue weighted by molar-refractivity contribution is 7.64. The molecule has 30 heavy (non-hydrogen) atoms. The van der Waals surface area contributed by atoms with Gasteiger partial charge in [-0.15, -0.1) is 0 Å². The first-order chi connectivity index (χ1) is 14.1. The SMILES string of the molecule is CCNc1cc2ncnc(N[C@H](C)c3cccc(C(F)(F)F)c3C)c2cc1P(C)C. The predicted molar refractivity (Wildman–Crippen MR) is 120 cm³/mol. The topological polar surface area (TPSA) is 49.8 Å². The van der Waals surface area contributed by atoms with Crippen molar-refractivity contribution in [2.75, 3.05) is 30.5 Å². The van der Waals surface area contributed by atoms with E-state index in [-0.39, 0.29) is 19.5 Å². The van der Waals surface area contributed by atoms with Crippen molar-refractivity contribution in [3.63, 3.8) is 0 Å². The Morgan fingerprint density at radius 2 is 1.87 bits per heavy atom. The Bertz CT molecular complexity index is 1050. The lowest BCUT2D eigenvalue weighted by molar-refractivity contribution is -0.138. The number of alkyl halides is 3. The van der Waals surface area contributed by atoms with E-state index >= 15 is 0 Å². The van der Waals surface area contributed by atoms with Crippen LogP contribution in [-0.2, 0) is 6.18 Å². The fourth-order valence-corrected chi connectivity index (χ4v) is 4.63. The lowest BCUT2D eigenvalue weighted by Crippen LogP contribution is -2.15. The molecule has 0 spiro atoms. The summed E-state index contributed by atoms with van der Waals surface area (Å²) in [5.41, 5.74) is 2.06. The minimum atomic E-state index is -4.38. The fraction of sp³-hybridized carbons (Fsp3) is 0.364. The average molecular weight is 434 g/mol. The number of benzene rings is 2. The van der Waals surface area contributed by atoms with E-state index < -0.39 is 11.7 Å². The Balaban J connectivity index is 2.03. The zero-order chi connectivity index (χ0) is 22.1. The first kappa shape index (κ1) is 22.3. The standard InChI is InChI=1S/C22H26F3N4P/c1-6-26-19-11-18-16(10-20(19)30(4)5)21(28-12-27-18)29-14(3)15-8-7-9-17(13(15)2)22(23,24)25/h7-12,14,26H,6H2,1-5H3,(H,27,28,29)/t14-/m1/s1. The summed E-state index contributed by atoms with van der Waals surface area (Å²) in [6, 6.07) is 8.04. The molecule has 0 aliphatic rings. The Labute approximate surface area is 176 Å². The summed E-state index contributed by atoms with van der Waals surface area (Å²) in [6.45, 7) is 10.6. The molecule has 1 heterocycles. The van der Waals surface area contributed by atoms with Gasteiger partial charge in [0.2, 0.25) is 0 Å². The van der Waals surface area contributed by atoms with Gasteiger partial charge in [-0.25, -0.2) is 9.97 Å². The van der Waals surface area contributed by atoms with Crippen LogP contribution in [0.2, 0.25) is 0 Å². The molecule has 3 rings (SSSR count). The number of hydrogen-bond donors (Lipinski definition) is 2. The Hall–Kier alpha value is -2.40. The van der Waals surface area contributed by atoms with E-state index in [2.05, 4.69) is 40.0 Å². The summed E-state index contributed by atoms with van der Waals surface area (Å²) >= 11 is 0. The van der Waals surface area contributed by atoms with E-state index in [0.717, 1.165) is 29.2 Å². The van der Waals surface area contributed by atoms with Crippen molar-refractivity contribution in [2.24, 2.45) is 0 Å². The van der Waals surface area contributed by atoms with Gasteiger partial charge >= 0.3 is 6.18 Å². The molecule has 3 aromatic rings. The van der Waals surface area contributed by atoms with Gasteiger partial charge in [-0.05, 0) is 68.7 Å². The predicted octanol–water partition coefficient (Wildman–Crippen LogP) is 5.93. The molecule has 0 saturated heterocycles. The fourth-order valence-electron chi connectivity index (χ4n) is 3.62. The van der Waals surface area contributed by atoms with Crippen molar-refractivity contribution in [3.05, 3.63) is 53.3 Å². The summed E-state index contributed by atoms with van der Waals surface area (Å²) < 4.78 is 39.9. The lowest BCUT2D eigenvalue weighted by Gasteiger charge is -2.21. The van der Waals surface area contributed by atoms with Gasteiger partial charge in [0.25, 0.3) is 0 Å². The number of nitrogens with one attached hydrogen (secondary N) is 2. The lowest BCUT2D eigenvalue weighted by atomic mass is 9.97. The van der Waals surface area contributed by atoms with Crippen molar-refractivity contribution >= 4 is 35.6 Å². The zero-order valence-electron chi connectivity index (χ0n) is 17.7. The molecule has 8 heteroatoms. The maximum Gasteiger partial charge on any atom is 0.416 e. The molecule has 2 N–H and O–H groups in total. The van der Waals surface area contributed by atoms with Crippen LogP contribution in [0, 0.1) is 6.92 Å². The molecule has 160 valence electrons. The second-order valence-corrected chi connectivity index (χ2v) is 9.69. The molecule has 0 fully saturated rings. The molecule has 0 aliphatic carbocycles. The van der Waals surface area contributed by atoms with E-state index in [1.54, 1.807) is 6.07 Å². The van der Waals surface area contributed by atoms with E-state index in [4.69, 9.17) is 0 Å². The number of fused-ring (bicyclic) bond motifs is 1. The highest BCUT2D eigenvalue weighted by atomic mass is 31.1. The Morgan fingerprint density at radius 3 is 2.50 bits per heavy atom. The molecule has 0 unspecified atom stereocenters. The highest BCUT2D eigenvalue weighted by Gasteiger charge is 2.33. The molecule has 0 radical (unpaired) electrons. The zero-order valence-corrected chi connectivity index (χ0v) is 18.6. The molecule has 0 bridgehead atoms. The summed E-state index contributed by atoms with van der Waals surface area (Å²) in [4.78, 5) is 8.79. The Kier molecular flexibility index (Phi) is 6.51. The van der Waals surface area contributed by atoms with Gasteiger partial charge in [-0.1, -0.05) is 20.1 Å². The molecular weight excluding hydrogens is 408 g/mol. The minimum absolute atomic E-state index is 0.226. The molecule has 0 amide bonds. The highest BCUT2D eigenvalue weighted by Crippen LogP contribution is 2.36. The number of halogens is 3. The van der Waals surface area contributed by atoms with Crippen molar-refractivity contribution in [3.8, 4) is 0 Å². The van der Waals surface area contributed by atoms with Crippen molar-refractivity contribution in [2.45, 2.75) is 33.0 Å². The molecule has 0 aliphatic heterocycles. The van der Waals surface area contributed by atoms with Crippen LogP contribution < -0.4 is 15.9 Å². The van der Waals surface area contributed by atoms with Gasteiger partial charge in [0, 0.05) is 17.6 Å². The van der Waals surface area contributed by atoms with Gasteiger partial charge in [-0.2, -0.15) is 13.2 Å². The third-order valence-corrected chi connectivity index (χ3v) is 6.44. The third-order valence-electron chi connectivity index (χ3n) is 5.10. The molecule has 2 aromatic carbocycles. The van der Waals surface area contributed by atoms with E-state index in [1.807, 2.05) is 19.9 Å². The molecule has 1 aromatic heterocycles. The van der Waals surface area contributed by atoms with Crippen LogP contribution in [0.25, 0.3) is 10.9 Å². The normalized spacial score (nSPS) is 13.0. The largest absolute Gasteiger partial charge is 0.416 e. The first-order valence-electron chi connectivity index (χ1n) is 9.76. The number of rotatable bonds is 6. The van der Waals surface area contributed by atoms with Gasteiger partial charge in [-0.3, -0.25) is 0 Å². The Morgan fingerprint density at radius 1 is 1.13 bits per heavy atom. The van der Waals surface area contributed by atoms with Crippen LogP contribution >= 0.6 is 7.92 Å². The minimum Gasteiger partial charge on any atom is -0.385 e. The van der Waals surface area contributed by atoms with Crippen LogP contribution in [-0.4, -0.2) is 29.8 Å². The number of nitrogens with zero attached hydrogens (tertiary/aromatic N) is 2. The van der Waals surface area contributed by atoms with Crippen molar-refractivity contribution in [1.82, 2.24) is 9.97 Å². The second-order valence-electron chi connectivity index (χ2n) is 7.42. The number of aromatic nitrogens is 2. The summed E-state index contributed by atoms with van der Waals surface area (Å²) in [7, 11) is -0.371. The molecular formula is C22H26F3N4P. The second kappa shape index (κ2) is 8.76. The monoisotopic (exact) mass is 434 g/mol. The van der Waals surface area contributed by atoms with Crippen LogP contribution in [0.4, 0.5) is 24.7 Å². The van der Waals surface area contributed by atoms with E-state index in [1.165, 1.54) is 24.6 Å². The quantitative estimate of drug-likeness (QED) is 0.472. The summed E-state index contributed by atoms with van der Waals surface area (Å²) in [6.07, 6.45) is -2.90. The molecule has 1 atom stereocenters. The van der Waals surface area contributed by atoms with Gasteiger partial charge in [0.05, 0.1) is 17.1 Å². The van der Waals surface area contributed by atoms with Crippen molar-refractivity contribution in [1.29, 1.82) is 0 Å². The van der Waals surface area contributed by atoms with Crippen LogP contribution in [0.1, 0.15) is 36.6 Å². The van der Waals surface area contributed by atoms with Gasteiger partial charge in [0.1, 0.15) is 12.1 Å². The van der Waals surface area contributed by atoms with Crippen LogP contribution in [0.5, 0.6) is 0 Å². The number of hydrogen-bond acceptors (Lipinski definition) is 4. The third kappa shape index (κ3) is 4.51. The molecule has 4 nitrogen and oxygen atoms in total. The maximum absolute atomic E-state index is 13.3. The average Bonchev–Trinajstić information content (AvgIpc) is 2.67. The summed E-state index contributed by atoms with van der Waals surface area (Å²) in [5.74, 6) is 0.616. The van der Waals surface area contributed by atoms with Crippen LogP contribution in [0.3, 0.4) is 0 Å². The maximum atomic E-state index is 13.3. The smallest absolute Gasteiger partial charge is 0.385 e. The summed E-state index contributed by atoms with van der Waals surface area (Å²) in [5, 5.41) is 8.77. The van der Waals surface area contributed by atoms with E-state index in [9.17, 15) is 13.2 Å². The van der Waals surface area contributed by atoms with Gasteiger partial charge < -0.3 is 10.6 Å².